The van der Waals surface area contributed by atoms with Gasteiger partial charge in [0.1, 0.15) is 11.6 Å². The summed E-state index contributed by atoms with van der Waals surface area (Å²) in [7, 11) is 1.60. The third-order valence-electron chi connectivity index (χ3n) is 3.48. The molecule has 3 rings (SSSR count). The molecular formula is C18H18N4O2. The number of methoxy groups -OCH3 is 1. The van der Waals surface area contributed by atoms with E-state index in [-0.39, 0.29) is 12.3 Å². The number of benzene rings is 2. The van der Waals surface area contributed by atoms with E-state index in [4.69, 9.17) is 4.74 Å². The molecule has 0 atom stereocenters. The number of ether oxygens (including phenoxy) is 1. The summed E-state index contributed by atoms with van der Waals surface area (Å²) >= 11 is 0. The highest BCUT2D eigenvalue weighted by Gasteiger charge is 2.10. The monoisotopic (exact) mass is 322 g/mol. The highest BCUT2D eigenvalue weighted by Crippen LogP contribution is 2.15. The first-order valence-electron chi connectivity index (χ1n) is 7.61. The first-order chi connectivity index (χ1) is 11.7. The number of hydrogen-bond donors (Lipinski definition) is 2. The predicted molar refractivity (Wildman–Crippen MR) is 91.0 cm³/mol. The van der Waals surface area contributed by atoms with Crippen molar-refractivity contribution in [2.75, 3.05) is 12.4 Å². The van der Waals surface area contributed by atoms with Gasteiger partial charge in [-0.05, 0) is 29.8 Å². The summed E-state index contributed by atoms with van der Waals surface area (Å²) in [5.41, 5.74) is 1.85. The van der Waals surface area contributed by atoms with Crippen molar-refractivity contribution in [3.63, 3.8) is 0 Å². The molecule has 6 heteroatoms. The second kappa shape index (κ2) is 7.41. The van der Waals surface area contributed by atoms with Crippen molar-refractivity contribution >= 4 is 11.6 Å². The number of nitrogens with zero attached hydrogens (tertiary/aromatic N) is 2. The van der Waals surface area contributed by atoms with Gasteiger partial charge in [0.25, 0.3) is 0 Å². The van der Waals surface area contributed by atoms with Crippen LogP contribution in [0, 0.1) is 0 Å². The van der Waals surface area contributed by atoms with Gasteiger partial charge in [-0.25, -0.2) is 4.98 Å². The standard InChI is InChI=1S/C18H18N4O2/c1-24-15-9-7-14(8-10-15)19-18(23)12-17-20-16(21-22-17)11-13-5-3-2-4-6-13/h2-10H,11-12H2,1H3,(H,19,23)(H,20,21,22). The van der Waals surface area contributed by atoms with Gasteiger partial charge in [0.2, 0.25) is 5.91 Å². The highest BCUT2D eigenvalue weighted by molar-refractivity contribution is 5.91. The average Bonchev–Trinajstić information content (AvgIpc) is 3.03. The summed E-state index contributed by atoms with van der Waals surface area (Å²) in [6, 6.07) is 17.1. The zero-order valence-corrected chi connectivity index (χ0v) is 13.3. The average molecular weight is 322 g/mol. The lowest BCUT2D eigenvalue weighted by molar-refractivity contribution is -0.115. The van der Waals surface area contributed by atoms with E-state index in [9.17, 15) is 4.79 Å². The van der Waals surface area contributed by atoms with E-state index in [1.54, 1.807) is 31.4 Å². The van der Waals surface area contributed by atoms with Crippen LogP contribution >= 0.6 is 0 Å². The molecule has 0 fully saturated rings. The number of aromatic amines is 1. The van der Waals surface area contributed by atoms with Gasteiger partial charge in [-0.3, -0.25) is 9.89 Å². The van der Waals surface area contributed by atoms with Crippen LogP contribution in [-0.4, -0.2) is 28.2 Å². The Hall–Kier alpha value is -3.15. The molecule has 0 aliphatic rings. The Kier molecular flexibility index (Phi) is 4.86. The first-order valence-corrected chi connectivity index (χ1v) is 7.61. The molecule has 3 aromatic rings. The minimum Gasteiger partial charge on any atom is -0.497 e. The molecule has 0 bridgehead atoms. The summed E-state index contributed by atoms with van der Waals surface area (Å²) in [6.45, 7) is 0. The molecule has 1 aromatic heterocycles. The Balaban J connectivity index is 1.56. The second-order valence-electron chi connectivity index (χ2n) is 5.31. The number of nitrogens with one attached hydrogen (secondary N) is 2. The van der Waals surface area contributed by atoms with E-state index in [0.29, 0.717) is 17.9 Å². The van der Waals surface area contributed by atoms with Crippen molar-refractivity contribution in [3.8, 4) is 5.75 Å². The summed E-state index contributed by atoms with van der Waals surface area (Å²) < 4.78 is 5.08. The van der Waals surface area contributed by atoms with Crippen LogP contribution in [0.3, 0.4) is 0 Å². The van der Waals surface area contributed by atoms with E-state index in [1.807, 2.05) is 30.3 Å². The van der Waals surface area contributed by atoms with Crippen LogP contribution in [0.5, 0.6) is 5.75 Å². The molecule has 2 N–H and O–H groups in total. The van der Waals surface area contributed by atoms with Gasteiger partial charge in [-0.2, -0.15) is 5.10 Å². The van der Waals surface area contributed by atoms with Crippen LogP contribution in [0.4, 0.5) is 5.69 Å². The topological polar surface area (TPSA) is 79.9 Å². The van der Waals surface area contributed by atoms with Crippen LogP contribution in [0.15, 0.2) is 54.6 Å². The fourth-order valence-corrected chi connectivity index (χ4v) is 2.31. The molecule has 1 amide bonds. The van der Waals surface area contributed by atoms with Crippen LogP contribution in [0.1, 0.15) is 17.2 Å². The maximum atomic E-state index is 12.1. The van der Waals surface area contributed by atoms with Crippen molar-refractivity contribution in [1.82, 2.24) is 15.2 Å². The Morgan fingerprint density at radius 3 is 2.58 bits per heavy atom. The van der Waals surface area contributed by atoms with E-state index in [0.717, 1.165) is 17.1 Å². The Morgan fingerprint density at radius 1 is 1.12 bits per heavy atom. The molecule has 6 nitrogen and oxygen atoms in total. The van der Waals surface area contributed by atoms with Gasteiger partial charge < -0.3 is 10.1 Å². The smallest absolute Gasteiger partial charge is 0.232 e. The lowest BCUT2D eigenvalue weighted by Gasteiger charge is -2.04. The maximum Gasteiger partial charge on any atom is 0.232 e. The Bertz CT molecular complexity index is 797. The third kappa shape index (κ3) is 4.19. The second-order valence-corrected chi connectivity index (χ2v) is 5.31. The van der Waals surface area contributed by atoms with Gasteiger partial charge in [0.05, 0.1) is 13.5 Å². The van der Waals surface area contributed by atoms with Crippen LogP contribution in [0.25, 0.3) is 0 Å². The third-order valence-corrected chi connectivity index (χ3v) is 3.48. The summed E-state index contributed by atoms with van der Waals surface area (Å²) in [6.07, 6.45) is 0.783. The molecule has 24 heavy (non-hydrogen) atoms. The Labute approximate surface area is 139 Å². The van der Waals surface area contributed by atoms with Crippen molar-refractivity contribution in [2.45, 2.75) is 12.8 Å². The summed E-state index contributed by atoms with van der Waals surface area (Å²) in [5, 5.41) is 9.80. The zero-order valence-electron chi connectivity index (χ0n) is 13.3. The maximum absolute atomic E-state index is 12.1. The van der Waals surface area contributed by atoms with Gasteiger partial charge in [-0.15, -0.1) is 0 Å². The van der Waals surface area contributed by atoms with Gasteiger partial charge in [-0.1, -0.05) is 30.3 Å². The lowest BCUT2D eigenvalue weighted by Crippen LogP contribution is -2.15. The fraction of sp³-hybridized carbons (Fsp3) is 0.167. The molecule has 0 spiro atoms. The minimum atomic E-state index is -0.162. The fourth-order valence-electron chi connectivity index (χ4n) is 2.31. The quantitative estimate of drug-likeness (QED) is 0.731. The van der Waals surface area contributed by atoms with E-state index in [1.165, 1.54) is 0 Å². The van der Waals surface area contributed by atoms with Crippen LogP contribution < -0.4 is 10.1 Å². The summed E-state index contributed by atoms with van der Waals surface area (Å²) in [5.74, 6) is 1.80. The van der Waals surface area contributed by atoms with E-state index in [2.05, 4.69) is 20.5 Å². The predicted octanol–water partition coefficient (Wildman–Crippen LogP) is 2.59. The number of H-pyrrole nitrogens is 1. The number of hydrogen-bond acceptors (Lipinski definition) is 4. The molecule has 0 aliphatic carbocycles. The van der Waals surface area contributed by atoms with Gasteiger partial charge >= 0.3 is 0 Å². The number of anilines is 1. The van der Waals surface area contributed by atoms with E-state index < -0.39 is 0 Å². The van der Waals surface area contributed by atoms with Gasteiger partial charge in [0, 0.05) is 12.1 Å². The van der Waals surface area contributed by atoms with E-state index >= 15 is 0 Å². The van der Waals surface area contributed by atoms with Crippen molar-refractivity contribution < 1.29 is 9.53 Å². The van der Waals surface area contributed by atoms with Crippen molar-refractivity contribution in [1.29, 1.82) is 0 Å². The largest absolute Gasteiger partial charge is 0.497 e. The zero-order chi connectivity index (χ0) is 16.8. The van der Waals surface area contributed by atoms with Crippen LogP contribution in [0.2, 0.25) is 0 Å². The molecule has 0 unspecified atom stereocenters. The number of aromatic nitrogens is 3. The number of carbonyl (C=O) groups excluding carboxylic acids is 1. The first kappa shape index (κ1) is 15.7. The SMILES string of the molecule is COc1ccc(NC(=O)Cc2n[nH]c(Cc3ccccc3)n2)cc1. The van der Waals surface area contributed by atoms with Crippen molar-refractivity contribution in [3.05, 3.63) is 71.8 Å². The Morgan fingerprint density at radius 2 is 1.88 bits per heavy atom. The van der Waals surface area contributed by atoms with Crippen molar-refractivity contribution in [2.24, 2.45) is 0 Å². The molecule has 0 radical (unpaired) electrons. The molecule has 2 aromatic carbocycles. The molecule has 0 saturated carbocycles. The molecule has 0 saturated heterocycles. The van der Waals surface area contributed by atoms with Gasteiger partial charge in [0.15, 0.2) is 5.82 Å². The molecular weight excluding hydrogens is 304 g/mol. The minimum absolute atomic E-state index is 0.122. The number of rotatable bonds is 6. The summed E-state index contributed by atoms with van der Waals surface area (Å²) in [4.78, 5) is 16.4. The highest BCUT2D eigenvalue weighted by atomic mass is 16.5. The molecule has 0 aliphatic heterocycles. The normalized spacial score (nSPS) is 10.4. The molecule has 1 heterocycles. The lowest BCUT2D eigenvalue weighted by atomic mass is 10.1. The van der Waals surface area contributed by atoms with Crippen LogP contribution in [-0.2, 0) is 17.6 Å². The number of carbonyl (C=O) groups is 1. The molecule has 122 valence electrons. The number of amides is 1.